The summed E-state index contributed by atoms with van der Waals surface area (Å²) in [6, 6.07) is 12.2. The van der Waals surface area contributed by atoms with Crippen LogP contribution in [0.4, 0.5) is 4.39 Å². The zero-order valence-electron chi connectivity index (χ0n) is 15.9. The predicted molar refractivity (Wildman–Crippen MR) is 104 cm³/mol. The van der Waals surface area contributed by atoms with Gasteiger partial charge in [0, 0.05) is 18.7 Å². The number of rotatable bonds is 5. The van der Waals surface area contributed by atoms with Crippen molar-refractivity contribution in [3.63, 3.8) is 0 Å². The Balaban J connectivity index is 1.47. The lowest BCUT2D eigenvalue weighted by molar-refractivity contribution is 0.0946. The van der Waals surface area contributed by atoms with Crippen molar-refractivity contribution in [2.75, 3.05) is 6.54 Å². The average Bonchev–Trinajstić information content (AvgIpc) is 3.09. The fourth-order valence-electron chi connectivity index (χ4n) is 3.50. The summed E-state index contributed by atoms with van der Waals surface area (Å²) in [5.74, 6) is -0.287. The van der Waals surface area contributed by atoms with E-state index in [1.807, 2.05) is 26.0 Å². The molecule has 0 spiro atoms. The number of nitrogens with zero attached hydrogens (tertiary/aromatic N) is 3. The lowest BCUT2D eigenvalue weighted by Crippen LogP contribution is -2.32. The summed E-state index contributed by atoms with van der Waals surface area (Å²) < 4.78 is 14.9. The summed E-state index contributed by atoms with van der Waals surface area (Å²) in [6.45, 7) is 5.28. The number of hydrogen-bond donors (Lipinski definition) is 2. The van der Waals surface area contributed by atoms with Gasteiger partial charge < -0.3 is 10.6 Å². The molecule has 0 saturated heterocycles. The number of amides is 1. The topological polar surface area (TPSA) is 71.8 Å². The Hall–Kier alpha value is -3.06. The monoisotopic (exact) mass is 379 g/mol. The summed E-state index contributed by atoms with van der Waals surface area (Å²) in [5.41, 5.74) is 5.41. The molecule has 4 rings (SSSR count). The maximum absolute atomic E-state index is 13.1. The van der Waals surface area contributed by atoms with E-state index in [0.717, 1.165) is 40.2 Å². The first-order valence-corrected chi connectivity index (χ1v) is 9.34. The average molecular weight is 379 g/mol. The Kier molecular flexibility index (Phi) is 4.92. The van der Waals surface area contributed by atoms with Gasteiger partial charge in [0.05, 0.1) is 17.4 Å². The van der Waals surface area contributed by atoms with Gasteiger partial charge in [-0.1, -0.05) is 17.3 Å². The first kappa shape index (κ1) is 18.3. The highest BCUT2D eigenvalue weighted by atomic mass is 19.1. The van der Waals surface area contributed by atoms with Crippen LogP contribution in [0.25, 0.3) is 5.69 Å². The molecule has 0 saturated carbocycles. The van der Waals surface area contributed by atoms with Gasteiger partial charge in [0.15, 0.2) is 0 Å². The first-order valence-electron chi connectivity index (χ1n) is 9.34. The number of aromatic nitrogens is 3. The Labute approximate surface area is 162 Å². The molecule has 7 heteroatoms. The fraction of sp³-hybridized carbons (Fsp3) is 0.286. The van der Waals surface area contributed by atoms with E-state index in [-0.39, 0.29) is 17.8 Å². The number of carbonyl (C=O) groups is 1. The summed E-state index contributed by atoms with van der Waals surface area (Å²) >= 11 is 0. The Morgan fingerprint density at radius 3 is 2.82 bits per heavy atom. The van der Waals surface area contributed by atoms with Crippen LogP contribution < -0.4 is 10.6 Å². The summed E-state index contributed by atoms with van der Waals surface area (Å²) in [4.78, 5) is 12.0. The smallest absolute Gasteiger partial charge is 0.251 e. The van der Waals surface area contributed by atoms with Crippen molar-refractivity contribution in [1.29, 1.82) is 0 Å². The van der Waals surface area contributed by atoms with Crippen LogP contribution in [-0.2, 0) is 13.0 Å². The number of benzene rings is 2. The van der Waals surface area contributed by atoms with Crippen molar-refractivity contribution in [3.05, 3.63) is 76.4 Å². The molecule has 144 valence electrons. The standard InChI is InChI=1S/C21H22FN5O/c1-13(20-14(2)27(26-25-20)18-7-5-17(22)6-8-18)24-12-15-3-4-16-9-10-23-21(28)19(16)11-15/h3-8,11,13,24H,9-10,12H2,1-2H3,(H,23,28). The van der Waals surface area contributed by atoms with Crippen molar-refractivity contribution in [2.24, 2.45) is 0 Å². The number of nitrogens with one attached hydrogen (secondary N) is 2. The van der Waals surface area contributed by atoms with Gasteiger partial charge >= 0.3 is 0 Å². The highest BCUT2D eigenvalue weighted by Crippen LogP contribution is 2.20. The molecule has 1 aromatic heterocycles. The third-order valence-corrected chi connectivity index (χ3v) is 5.12. The van der Waals surface area contributed by atoms with E-state index in [1.54, 1.807) is 16.8 Å². The minimum Gasteiger partial charge on any atom is -0.352 e. The van der Waals surface area contributed by atoms with E-state index in [4.69, 9.17) is 0 Å². The van der Waals surface area contributed by atoms with Crippen molar-refractivity contribution in [2.45, 2.75) is 32.9 Å². The van der Waals surface area contributed by atoms with Gasteiger partial charge in [-0.25, -0.2) is 9.07 Å². The molecule has 2 heterocycles. The molecule has 2 N–H and O–H groups in total. The number of fused-ring (bicyclic) bond motifs is 1. The van der Waals surface area contributed by atoms with E-state index in [2.05, 4.69) is 27.0 Å². The molecule has 1 atom stereocenters. The van der Waals surface area contributed by atoms with Crippen LogP contribution in [0, 0.1) is 12.7 Å². The maximum Gasteiger partial charge on any atom is 0.251 e. The van der Waals surface area contributed by atoms with Gasteiger partial charge in [-0.3, -0.25) is 4.79 Å². The van der Waals surface area contributed by atoms with Gasteiger partial charge in [0.2, 0.25) is 0 Å². The lowest BCUT2D eigenvalue weighted by atomic mass is 9.98. The Morgan fingerprint density at radius 2 is 2.04 bits per heavy atom. The molecule has 0 radical (unpaired) electrons. The van der Waals surface area contributed by atoms with Crippen LogP contribution in [0.3, 0.4) is 0 Å². The van der Waals surface area contributed by atoms with Crippen LogP contribution in [0.5, 0.6) is 0 Å². The second-order valence-corrected chi connectivity index (χ2v) is 7.05. The molecule has 1 unspecified atom stereocenters. The minimum absolute atomic E-state index is 0.00534. The zero-order valence-corrected chi connectivity index (χ0v) is 15.9. The molecule has 1 aliphatic rings. The molecule has 1 aliphatic heterocycles. The summed E-state index contributed by atoms with van der Waals surface area (Å²) in [5, 5.41) is 14.8. The van der Waals surface area contributed by atoms with Gasteiger partial charge in [-0.05, 0) is 61.7 Å². The van der Waals surface area contributed by atoms with Gasteiger partial charge in [-0.2, -0.15) is 0 Å². The Bertz CT molecular complexity index is 1010. The Morgan fingerprint density at radius 1 is 1.25 bits per heavy atom. The van der Waals surface area contributed by atoms with Crippen molar-refractivity contribution >= 4 is 5.91 Å². The van der Waals surface area contributed by atoms with Crippen LogP contribution in [-0.4, -0.2) is 27.4 Å². The maximum atomic E-state index is 13.1. The third-order valence-electron chi connectivity index (χ3n) is 5.12. The van der Waals surface area contributed by atoms with Gasteiger partial charge in [-0.15, -0.1) is 5.10 Å². The van der Waals surface area contributed by atoms with Crippen LogP contribution in [0.1, 0.15) is 45.8 Å². The molecule has 6 nitrogen and oxygen atoms in total. The van der Waals surface area contributed by atoms with E-state index in [0.29, 0.717) is 13.1 Å². The number of halogens is 1. The second-order valence-electron chi connectivity index (χ2n) is 7.05. The second kappa shape index (κ2) is 7.52. The molecule has 0 fully saturated rings. The third kappa shape index (κ3) is 3.53. The van der Waals surface area contributed by atoms with E-state index in [1.165, 1.54) is 12.1 Å². The summed E-state index contributed by atoms with van der Waals surface area (Å²) in [6.07, 6.45) is 0.872. The highest BCUT2D eigenvalue weighted by molar-refractivity contribution is 5.96. The highest BCUT2D eigenvalue weighted by Gasteiger charge is 2.18. The van der Waals surface area contributed by atoms with Crippen LogP contribution in [0.15, 0.2) is 42.5 Å². The molecule has 0 aliphatic carbocycles. The molecule has 0 bridgehead atoms. The fourth-order valence-corrected chi connectivity index (χ4v) is 3.50. The quantitative estimate of drug-likeness (QED) is 0.715. The molecule has 1 amide bonds. The van der Waals surface area contributed by atoms with Crippen molar-refractivity contribution < 1.29 is 9.18 Å². The van der Waals surface area contributed by atoms with Gasteiger partial charge in [0.1, 0.15) is 11.5 Å². The first-order chi connectivity index (χ1) is 13.5. The minimum atomic E-state index is -0.282. The zero-order chi connectivity index (χ0) is 19.7. The predicted octanol–water partition coefficient (Wildman–Crippen LogP) is 2.85. The SMILES string of the molecule is Cc1c(C(C)NCc2ccc3c(c2)C(=O)NCC3)nnn1-c1ccc(F)cc1. The molecule has 28 heavy (non-hydrogen) atoms. The normalized spacial score (nSPS) is 14.5. The molecular weight excluding hydrogens is 357 g/mol. The van der Waals surface area contributed by atoms with E-state index in [9.17, 15) is 9.18 Å². The van der Waals surface area contributed by atoms with E-state index < -0.39 is 0 Å². The van der Waals surface area contributed by atoms with Crippen LogP contribution >= 0.6 is 0 Å². The lowest BCUT2D eigenvalue weighted by Gasteiger charge is -2.18. The van der Waals surface area contributed by atoms with Crippen molar-refractivity contribution in [3.8, 4) is 5.69 Å². The largest absolute Gasteiger partial charge is 0.352 e. The number of carbonyl (C=O) groups excluding carboxylic acids is 1. The van der Waals surface area contributed by atoms with Crippen molar-refractivity contribution in [1.82, 2.24) is 25.6 Å². The molecule has 3 aromatic rings. The number of hydrogen-bond acceptors (Lipinski definition) is 4. The van der Waals surface area contributed by atoms with Crippen LogP contribution in [0.2, 0.25) is 0 Å². The summed E-state index contributed by atoms with van der Waals surface area (Å²) in [7, 11) is 0. The molecule has 2 aromatic carbocycles. The van der Waals surface area contributed by atoms with Gasteiger partial charge in [0.25, 0.3) is 5.91 Å². The van der Waals surface area contributed by atoms with E-state index >= 15 is 0 Å². The molecular formula is C21H22FN5O.